The summed E-state index contributed by atoms with van der Waals surface area (Å²) >= 11 is 0. The molecule has 0 aromatic rings. The number of carbonyl (C=O) groups is 1. The van der Waals surface area contributed by atoms with Gasteiger partial charge in [-0.1, -0.05) is 0 Å². The van der Waals surface area contributed by atoms with Crippen LogP contribution in [-0.2, 0) is 4.74 Å². The SMILES string of the molecule is CC(C)(C)OC(=O)N1CCN(C2CC(N)C(N)CN2)CC1. The molecule has 2 aliphatic heterocycles. The predicted octanol–water partition coefficient (Wildman–Crippen LogP) is -0.487. The van der Waals surface area contributed by atoms with Crippen molar-refractivity contribution in [3.05, 3.63) is 0 Å². The van der Waals surface area contributed by atoms with E-state index in [0.717, 1.165) is 26.1 Å². The van der Waals surface area contributed by atoms with Crippen LogP contribution < -0.4 is 16.8 Å². The van der Waals surface area contributed by atoms with Gasteiger partial charge in [-0.15, -0.1) is 0 Å². The summed E-state index contributed by atoms with van der Waals surface area (Å²) in [7, 11) is 0. The number of amides is 1. The lowest BCUT2D eigenvalue weighted by Gasteiger charge is -2.43. The summed E-state index contributed by atoms with van der Waals surface area (Å²) in [4.78, 5) is 16.1. The molecule has 0 saturated carbocycles. The summed E-state index contributed by atoms with van der Waals surface area (Å²) < 4.78 is 5.41. The largest absolute Gasteiger partial charge is 0.444 e. The number of piperidine rings is 1. The Hall–Kier alpha value is -0.890. The lowest BCUT2D eigenvalue weighted by Crippen LogP contribution is -2.64. The van der Waals surface area contributed by atoms with E-state index in [1.54, 1.807) is 4.90 Å². The standard InChI is InChI=1S/C14H29N5O2/c1-14(2,3)21-13(20)19-6-4-18(5-7-19)12-8-10(15)11(16)9-17-12/h10-12,17H,4-9,15-16H2,1-3H3. The molecule has 2 aliphatic rings. The Bertz CT molecular complexity index is 363. The van der Waals surface area contributed by atoms with Gasteiger partial charge in [-0.3, -0.25) is 4.90 Å². The Labute approximate surface area is 126 Å². The van der Waals surface area contributed by atoms with Gasteiger partial charge in [0.05, 0.1) is 6.17 Å². The third-order valence-corrected chi connectivity index (χ3v) is 4.04. The second-order valence-corrected chi connectivity index (χ2v) is 6.99. The van der Waals surface area contributed by atoms with Gasteiger partial charge < -0.3 is 26.4 Å². The fourth-order valence-corrected chi connectivity index (χ4v) is 2.76. The van der Waals surface area contributed by atoms with Gasteiger partial charge in [0.15, 0.2) is 0 Å². The Kier molecular flexibility index (Phi) is 5.08. The van der Waals surface area contributed by atoms with Gasteiger partial charge in [0, 0.05) is 44.8 Å². The van der Waals surface area contributed by atoms with Crippen LogP contribution in [0.15, 0.2) is 0 Å². The van der Waals surface area contributed by atoms with E-state index in [2.05, 4.69) is 10.2 Å². The van der Waals surface area contributed by atoms with E-state index in [9.17, 15) is 4.79 Å². The number of hydrogen-bond donors (Lipinski definition) is 3. The van der Waals surface area contributed by atoms with E-state index < -0.39 is 5.60 Å². The van der Waals surface area contributed by atoms with E-state index in [0.29, 0.717) is 13.1 Å². The number of piperazine rings is 1. The maximum atomic E-state index is 12.0. The summed E-state index contributed by atoms with van der Waals surface area (Å²) in [5, 5.41) is 3.44. The van der Waals surface area contributed by atoms with Gasteiger partial charge in [0.25, 0.3) is 0 Å². The van der Waals surface area contributed by atoms with Crippen LogP contribution in [0.4, 0.5) is 4.79 Å². The first-order valence-corrected chi connectivity index (χ1v) is 7.73. The number of nitrogens with zero attached hydrogens (tertiary/aromatic N) is 2. The molecule has 0 aromatic heterocycles. The van der Waals surface area contributed by atoms with Crippen molar-refractivity contribution in [2.24, 2.45) is 11.5 Å². The van der Waals surface area contributed by atoms with Crippen molar-refractivity contribution in [3.8, 4) is 0 Å². The third-order valence-electron chi connectivity index (χ3n) is 4.04. The Morgan fingerprint density at radius 2 is 1.76 bits per heavy atom. The third kappa shape index (κ3) is 4.54. The normalized spacial score (nSPS) is 32.0. The molecule has 21 heavy (non-hydrogen) atoms. The predicted molar refractivity (Wildman–Crippen MR) is 81.7 cm³/mol. The van der Waals surface area contributed by atoms with Crippen LogP contribution in [0.1, 0.15) is 27.2 Å². The first kappa shape index (κ1) is 16.5. The van der Waals surface area contributed by atoms with Gasteiger partial charge in [-0.25, -0.2) is 4.79 Å². The van der Waals surface area contributed by atoms with E-state index >= 15 is 0 Å². The second kappa shape index (κ2) is 6.48. The van der Waals surface area contributed by atoms with Crippen molar-refractivity contribution in [2.45, 2.75) is 51.0 Å². The molecule has 2 rings (SSSR count). The number of ether oxygens (including phenoxy) is 1. The molecular formula is C14H29N5O2. The van der Waals surface area contributed by atoms with Gasteiger partial charge >= 0.3 is 6.09 Å². The summed E-state index contributed by atoms with van der Waals surface area (Å²) in [6.45, 7) is 9.45. The molecular weight excluding hydrogens is 270 g/mol. The lowest BCUT2D eigenvalue weighted by atomic mass is 9.99. The molecule has 0 aromatic carbocycles. The average Bonchev–Trinajstić information content (AvgIpc) is 2.40. The minimum atomic E-state index is -0.442. The van der Waals surface area contributed by atoms with E-state index in [-0.39, 0.29) is 24.3 Å². The zero-order valence-corrected chi connectivity index (χ0v) is 13.3. The lowest BCUT2D eigenvalue weighted by molar-refractivity contribution is 0.00529. The topological polar surface area (TPSA) is 96.8 Å². The number of nitrogens with two attached hydrogens (primary N) is 2. The van der Waals surface area contributed by atoms with Crippen LogP contribution in [0.3, 0.4) is 0 Å². The minimum absolute atomic E-state index is 0.0318. The zero-order chi connectivity index (χ0) is 15.6. The van der Waals surface area contributed by atoms with Gasteiger partial charge in [0.2, 0.25) is 0 Å². The molecule has 1 amide bonds. The summed E-state index contributed by atoms with van der Waals surface area (Å²) in [5.41, 5.74) is 11.5. The molecule has 5 N–H and O–H groups in total. The average molecular weight is 299 g/mol. The van der Waals surface area contributed by atoms with Crippen molar-refractivity contribution in [2.75, 3.05) is 32.7 Å². The highest BCUT2D eigenvalue weighted by atomic mass is 16.6. The number of carbonyl (C=O) groups excluding carboxylic acids is 1. The maximum absolute atomic E-state index is 12.0. The van der Waals surface area contributed by atoms with Crippen LogP contribution >= 0.6 is 0 Å². The first-order valence-electron chi connectivity index (χ1n) is 7.73. The molecule has 2 heterocycles. The van der Waals surface area contributed by atoms with Crippen molar-refractivity contribution in [3.63, 3.8) is 0 Å². The monoisotopic (exact) mass is 299 g/mol. The molecule has 0 aliphatic carbocycles. The molecule has 3 unspecified atom stereocenters. The summed E-state index contributed by atoms with van der Waals surface area (Å²) in [6.07, 6.45) is 0.895. The van der Waals surface area contributed by atoms with E-state index in [4.69, 9.17) is 16.2 Å². The molecule has 7 nitrogen and oxygen atoms in total. The van der Waals surface area contributed by atoms with Crippen LogP contribution in [-0.4, -0.2) is 72.5 Å². The molecule has 2 fully saturated rings. The Balaban J connectivity index is 1.79. The van der Waals surface area contributed by atoms with E-state index in [1.807, 2.05) is 20.8 Å². The van der Waals surface area contributed by atoms with Gasteiger partial charge in [-0.05, 0) is 27.2 Å². The Morgan fingerprint density at radius 1 is 1.14 bits per heavy atom. The molecule has 0 radical (unpaired) electrons. The van der Waals surface area contributed by atoms with Gasteiger partial charge in [0.1, 0.15) is 5.60 Å². The number of nitrogens with one attached hydrogen (secondary N) is 1. The molecule has 7 heteroatoms. The number of hydrogen-bond acceptors (Lipinski definition) is 6. The highest BCUT2D eigenvalue weighted by Gasteiger charge is 2.32. The molecule has 3 atom stereocenters. The van der Waals surface area contributed by atoms with Crippen molar-refractivity contribution < 1.29 is 9.53 Å². The quantitative estimate of drug-likeness (QED) is 0.605. The van der Waals surface area contributed by atoms with Crippen molar-refractivity contribution in [1.82, 2.24) is 15.1 Å². The summed E-state index contributed by atoms with van der Waals surface area (Å²) in [6, 6.07) is 0.0736. The fraction of sp³-hybridized carbons (Fsp3) is 0.929. The highest BCUT2D eigenvalue weighted by Crippen LogP contribution is 2.15. The smallest absolute Gasteiger partial charge is 0.410 e. The Morgan fingerprint density at radius 3 is 2.29 bits per heavy atom. The molecule has 0 spiro atoms. The van der Waals surface area contributed by atoms with Crippen LogP contribution in [0.5, 0.6) is 0 Å². The van der Waals surface area contributed by atoms with Crippen molar-refractivity contribution in [1.29, 1.82) is 0 Å². The minimum Gasteiger partial charge on any atom is -0.444 e. The highest BCUT2D eigenvalue weighted by molar-refractivity contribution is 5.68. The van der Waals surface area contributed by atoms with Crippen molar-refractivity contribution >= 4 is 6.09 Å². The zero-order valence-electron chi connectivity index (χ0n) is 13.3. The molecule has 0 bridgehead atoms. The fourth-order valence-electron chi connectivity index (χ4n) is 2.76. The maximum Gasteiger partial charge on any atom is 0.410 e. The summed E-state index contributed by atoms with van der Waals surface area (Å²) in [5.74, 6) is 0. The molecule has 122 valence electrons. The van der Waals surface area contributed by atoms with E-state index in [1.165, 1.54) is 0 Å². The second-order valence-electron chi connectivity index (χ2n) is 6.99. The van der Waals surface area contributed by atoms with Crippen LogP contribution in [0.2, 0.25) is 0 Å². The van der Waals surface area contributed by atoms with Gasteiger partial charge in [-0.2, -0.15) is 0 Å². The van der Waals surface area contributed by atoms with Crippen LogP contribution in [0, 0.1) is 0 Å². The van der Waals surface area contributed by atoms with Crippen LogP contribution in [0.25, 0.3) is 0 Å². The number of rotatable bonds is 1. The molecule has 2 saturated heterocycles. The first-order chi connectivity index (χ1) is 9.76.